The van der Waals surface area contributed by atoms with Gasteiger partial charge in [0.1, 0.15) is 11.5 Å². The SMILES string of the molecule is CC(C)(C)c1cc2c3c(c1)-c1cc(C(C)(C)C)cc[n+]1C31c3c(ccc4ccc5ccc[n+]1c5c34)O2. The molecule has 5 aromatic rings. The molecule has 5 heterocycles. The van der Waals surface area contributed by atoms with Crippen LogP contribution in [0.2, 0.25) is 0 Å². The van der Waals surface area contributed by atoms with Gasteiger partial charge in [-0.25, -0.2) is 0 Å². The van der Waals surface area contributed by atoms with Gasteiger partial charge in [-0.2, -0.15) is 0 Å². The molecule has 0 bridgehead atoms. The molecule has 8 rings (SSSR count). The quantitative estimate of drug-likeness (QED) is 0.175. The highest BCUT2D eigenvalue weighted by atomic mass is 16.5. The number of ether oxygens (including phenoxy) is 1. The predicted molar refractivity (Wildman–Crippen MR) is 143 cm³/mol. The monoisotopic (exact) mass is 470 g/mol. The molecule has 0 saturated carbocycles. The minimum atomic E-state index is -0.497. The van der Waals surface area contributed by atoms with Crippen LogP contribution in [0.25, 0.3) is 32.9 Å². The second kappa shape index (κ2) is 5.98. The zero-order valence-electron chi connectivity index (χ0n) is 21.7. The molecule has 1 atom stereocenters. The van der Waals surface area contributed by atoms with Crippen LogP contribution < -0.4 is 13.9 Å². The third kappa shape index (κ3) is 2.17. The molecule has 0 N–H and O–H groups in total. The van der Waals surface area contributed by atoms with Crippen molar-refractivity contribution in [2.24, 2.45) is 0 Å². The van der Waals surface area contributed by atoms with Gasteiger partial charge in [-0.1, -0.05) is 53.7 Å². The Morgan fingerprint density at radius 3 is 2.19 bits per heavy atom. The van der Waals surface area contributed by atoms with Crippen LogP contribution in [0.15, 0.2) is 73.1 Å². The second-order valence-electron chi connectivity index (χ2n) is 12.8. The first-order chi connectivity index (χ1) is 17.1. The van der Waals surface area contributed by atoms with Crippen molar-refractivity contribution in [2.45, 2.75) is 58.0 Å². The van der Waals surface area contributed by atoms with E-state index in [1.807, 2.05) is 0 Å². The summed E-state index contributed by atoms with van der Waals surface area (Å²) in [6, 6.07) is 22.7. The molecule has 2 aromatic heterocycles. The van der Waals surface area contributed by atoms with Gasteiger partial charge in [0, 0.05) is 23.6 Å². The van der Waals surface area contributed by atoms with Crippen molar-refractivity contribution in [1.29, 1.82) is 0 Å². The van der Waals surface area contributed by atoms with Crippen LogP contribution in [0.4, 0.5) is 0 Å². The van der Waals surface area contributed by atoms with Crippen LogP contribution >= 0.6 is 0 Å². The first-order valence-corrected chi connectivity index (χ1v) is 12.9. The number of fused-ring (bicyclic) bond motifs is 2. The Balaban J connectivity index is 1.62. The zero-order chi connectivity index (χ0) is 24.8. The molecule has 0 amide bonds. The molecule has 0 saturated heterocycles. The highest BCUT2D eigenvalue weighted by molar-refractivity contribution is 6.08. The molecule has 3 nitrogen and oxygen atoms in total. The number of pyridine rings is 2. The molecular weight excluding hydrogens is 440 g/mol. The summed E-state index contributed by atoms with van der Waals surface area (Å²) in [5.41, 5.74) is 8.56. The van der Waals surface area contributed by atoms with Crippen LogP contribution in [0, 0.1) is 0 Å². The van der Waals surface area contributed by atoms with Crippen LogP contribution in [0.5, 0.6) is 11.5 Å². The van der Waals surface area contributed by atoms with E-state index in [0.29, 0.717) is 0 Å². The maximum absolute atomic E-state index is 6.82. The molecule has 3 aliphatic rings. The predicted octanol–water partition coefficient (Wildman–Crippen LogP) is 6.86. The lowest BCUT2D eigenvalue weighted by Crippen LogP contribution is -2.72. The maximum atomic E-state index is 6.82. The number of hydrogen-bond acceptors (Lipinski definition) is 1. The van der Waals surface area contributed by atoms with E-state index < -0.39 is 5.66 Å². The Hall–Kier alpha value is -3.72. The van der Waals surface area contributed by atoms with E-state index in [0.717, 1.165) is 11.5 Å². The van der Waals surface area contributed by atoms with Crippen molar-refractivity contribution in [3.05, 3.63) is 95.3 Å². The Labute approximate surface area is 211 Å². The highest BCUT2D eigenvalue weighted by Crippen LogP contribution is 2.57. The first kappa shape index (κ1) is 20.5. The van der Waals surface area contributed by atoms with E-state index in [9.17, 15) is 0 Å². The average Bonchev–Trinajstić information content (AvgIpc) is 3.31. The third-order valence-electron chi connectivity index (χ3n) is 8.58. The topological polar surface area (TPSA) is 17.0 Å². The second-order valence-corrected chi connectivity index (χ2v) is 12.8. The Bertz CT molecular complexity index is 1830. The lowest BCUT2D eigenvalue weighted by Gasteiger charge is -2.28. The summed E-state index contributed by atoms with van der Waals surface area (Å²) in [4.78, 5) is 0. The molecule has 1 spiro atoms. The Morgan fingerprint density at radius 1 is 0.667 bits per heavy atom. The zero-order valence-corrected chi connectivity index (χ0v) is 21.7. The molecule has 3 heteroatoms. The number of hydrogen-bond donors (Lipinski definition) is 0. The summed E-state index contributed by atoms with van der Waals surface area (Å²) in [7, 11) is 0. The fraction of sp³-hybridized carbons (Fsp3) is 0.273. The van der Waals surface area contributed by atoms with Crippen molar-refractivity contribution < 1.29 is 13.9 Å². The third-order valence-corrected chi connectivity index (χ3v) is 8.58. The number of aromatic nitrogens is 2. The Kier molecular flexibility index (Phi) is 3.40. The van der Waals surface area contributed by atoms with E-state index in [1.165, 1.54) is 55.2 Å². The summed E-state index contributed by atoms with van der Waals surface area (Å²) in [6.07, 6.45) is 4.59. The van der Waals surface area contributed by atoms with Crippen LogP contribution in [0.1, 0.15) is 63.8 Å². The van der Waals surface area contributed by atoms with Crippen molar-refractivity contribution in [3.8, 4) is 22.8 Å². The van der Waals surface area contributed by atoms with Crippen molar-refractivity contribution in [1.82, 2.24) is 0 Å². The number of nitrogens with zero attached hydrogens (tertiary/aromatic N) is 2. The van der Waals surface area contributed by atoms with Crippen LogP contribution in [-0.2, 0) is 16.5 Å². The van der Waals surface area contributed by atoms with Gasteiger partial charge in [-0.3, -0.25) is 0 Å². The van der Waals surface area contributed by atoms with E-state index in [1.54, 1.807) is 0 Å². The van der Waals surface area contributed by atoms with Gasteiger partial charge in [-0.05, 0) is 57.7 Å². The van der Waals surface area contributed by atoms with E-state index in [2.05, 4.69) is 124 Å². The molecule has 0 aliphatic carbocycles. The fourth-order valence-electron chi connectivity index (χ4n) is 6.79. The van der Waals surface area contributed by atoms with Crippen molar-refractivity contribution in [3.63, 3.8) is 0 Å². The summed E-state index contributed by atoms with van der Waals surface area (Å²) < 4.78 is 11.8. The fourth-order valence-corrected chi connectivity index (χ4v) is 6.79. The average molecular weight is 471 g/mol. The number of benzene rings is 3. The lowest BCUT2D eigenvalue weighted by molar-refractivity contribution is -0.950. The highest BCUT2D eigenvalue weighted by Gasteiger charge is 2.70. The van der Waals surface area contributed by atoms with Gasteiger partial charge in [-0.15, -0.1) is 9.13 Å². The van der Waals surface area contributed by atoms with Gasteiger partial charge in [0.2, 0.25) is 11.2 Å². The molecule has 3 aromatic carbocycles. The maximum Gasteiger partial charge on any atom is 0.425 e. The molecule has 1 unspecified atom stereocenters. The van der Waals surface area contributed by atoms with Crippen LogP contribution in [0.3, 0.4) is 0 Å². The van der Waals surface area contributed by atoms with Crippen molar-refractivity contribution >= 4 is 21.7 Å². The molecule has 0 radical (unpaired) electrons. The lowest BCUT2D eigenvalue weighted by atomic mass is 9.81. The van der Waals surface area contributed by atoms with Gasteiger partial charge < -0.3 is 4.74 Å². The van der Waals surface area contributed by atoms with E-state index in [4.69, 9.17) is 4.74 Å². The van der Waals surface area contributed by atoms with Gasteiger partial charge >= 0.3 is 5.66 Å². The van der Waals surface area contributed by atoms with Gasteiger partial charge in [0.15, 0.2) is 23.5 Å². The minimum absolute atomic E-state index is 0.00708. The normalized spacial score (nSPS) is 18.6. The standard InChI is InChI=1S/C33H30N2O/c1-31(2,3)21-13-15-34-24(17-21)23-16-22(32(4,5)6)18-26-28(23)33(34)29-25(36-26)12-11-19-9-10-20-8-7-14-35(33)30(20)27(19)29/h7-18H,1-6H3/q+2. The first-order valence-electron chi connectivity index (χ1n) is 12.9. The summed E-state index contributed by atoms with van der Waals surface area (Å²) >= 11 is 0. The Morgan fingerprint density at radius 2 is 1.42 bits per heavy atom. The smallest absolute Gasteiger partial charge is 0.425 e. The summed E-state index contributed by atoms with van der Waals surface area (Å²) in [5.74, 6) is 1.94. The van der Waals surface area contributed by atoms with Crippen LogP contribution in [-0.4, -0.2) is 0 Å². The van der Waals surface area contributed by atoms with Gasteiger partial charge in [0.05, 0.1) is 10.9 Å². The largest absolute Gasteiger partial charge is 0.456 e. The minimum Gasteiger partial charge on any atom is -0.456 e. The summed E-state index contributed by atoms with van der Waals surface area (Å²) in [6.45, 7) is 13.7. The molecule has 3 aliphatic heterocycles. The molecular formula is C33H30N2O+2. The molecule has 36 heavy (non-hydrogen) atoms. The van der Waals surface area contributed by atoms with E-state index in [-0.39, 0.29) is 10.8 Å². The summed E-state index contributed by atoms with van der Waals surface area (Å²) in [5, 5.41) is 3.83. The molecule has 176 valence electrons. The van der Waals surface area contributed by atoms with Crippen molar-refractivity contribution in [2.75, 3.05) is 0 Å². The van der Waals surface area contributed by atoms with E-state index >= 15 is 0 Å². The molecule has 0 fully saturated rings. The number of rotatable bonds is 0. The van der Waals surface area contributed by atoms with Gasteiger partial charge in [0.25, 0.3) is 0 Å².